The number of methoxy groups -OCH3 is 1. The van der Waals surface area contributed by atoms with Crippen LogP contribution >= 0.6 is 0 Å². The molecule has 0 heterocycles. The van der Waals surface area contributed by atoms with Gasteiger partial charge in [-0.05, 0) is 31.0 Å². The molecule has 0 radical (unpaired) electrons. The van der Waals surface area contributed by atoms with E-state index < -0.39 is 5.97 Å². The molecule has 0 aliphatic heterocycles. The van der Waals surface area contributed by atoms with E-state index in [1.54, 1.807) is 7.11 Å². The van der Waals surface area contributed by atoms with Gasteiger partial charge >= 0.3 is 12.0 Å². The summed E-state index contributed by atoms with van der Waals surface area (Å²) in [5, 5.41) is 11.6. The topological polar surface area (TPSA) is 78.9 Å². The molecule has 1 aromatic carbocycles. The van der Waals surface area contributed by atoms with E-state index >= 15 is 0 Å². The monoisotopic (exact) mass is 294 g/mol. The van der Waals surface area contributed by atoms with Crippen LogP contribution in [-0.2, 0) is 11.3 Å². The van der Waals surface area contributed by atoms with E-state index in [9.17, 15) is 9.59 Å². The molecule has 116 valence electrons. The van der Waals surface area contributed by atoms with Crippen LogP contribution < -0.4 is 10.1 Å². The number of benzene rings is 1. The van der Waals surface area contributed by atoms with Gasteiger partial charge in [-0.3, -0.25) is 4.79 Å². The number of nitrogens with one attached hydrogen (secondary N) is 1. The van der Waals surface area contributed by atoms with Crippen molar-refractivity contribution in [1.29, 1.82) is 0 Å². The molecule has 2 N–H and O–H groups in total. The molecule has 0 fully saturated rings. The van der Waals surface area contributed by atoms with Crippen molar-refractivity contribution >= 4 is 12.0 Å². The van der Waals surface area contributed by atoms with Crippen LogP contribution in [0, 0.1) is 0 Å². The minimum atomic E-state index is -1.02. The highest BCUT2D eigenvalue weighted by Crippen LogP contribution is 2.12. The van der Waals surface area contributed by atoms with Crippen LogP contribution in [0.2, 0.25) is 0 Å². The predicted molar refractivity (Wildman–Crippen MR) is 79.3 cm³/mol. The Bertz CT molecular complexity index is 490. The molecule has 0 aromatic heterocycles. The molecular weight excluding hydrogens is 272 g/mol. The van der Waals surface area contributed by atoms with Gasteiger partial charge in [0.05, 0.1) is 7.11 Å². The van der Waals surface area contributed by atoms with E-state index in [0.29, 0.717) is 18.7 Å². The fourth-order valence-electron chi connectivity index (χ4n) is 1.86. The number of rotatable bonds is 7. The lowest BCUT2D eigenvalue weighted by Gasteiger charge is -2.27. The summed E-state index contributed by atoms with van der Waals surface area (Å²) >= 11 is 0. The molecule has 0 saturated carbocycles. The van der Waals surface area contributed by atoms with E-state index in [4.69, 9.17) is 9.84 Å². The van der Waals surface area contributed by atoms with Crippen LogP contribution in [0.15, 0.2) is 24.3 Å². The smallest absolute Gasteiger partial charge is 0.323 e. The highest BCUT2D eigenvalue weighted by molar-refractivity contribution is 5.80. The summed E-state index contributed by atoms with van der Waals surface area (Å²) in [5.74, 6) is -0.308. The van der Waals surface area contributed by atoms with Crippen molar-refractivity contribution in [3.8, 4) is 5.75 Å². The van der Waals surface area contributed by atoms with E-state index in [2.05, 4.69) is 5.32 Å². The molecule has 1 rings (SSSR count). The van der Waals surface area contributed by atoms with Crippen LogP contribution in [-0.4, -0.2) is 41.7 Å². The highest BCUT2D eigenvalue weighted by atomic mass is 16.5. The van der Waals surface area contributed by atoms with Crippen LogP contribution in [0.1, 0.15) is 25.8 Å². The van der Waals surface area contributed by atoms with E-state index in [-0.39, 0.29) is 18.6 Å². The highest BCUT2D eigenvalue weighted by Gasteiger charge is 2.21. The van der Waals surface area contributed by atoms with E-state index in [1.165, 1.54) is 4.90 Å². The Morgan fingerprint density at radius 3 is 2.71 bits per heavy atom. The maximum atomic E-state index is 12.1. The van der Waals surface area contributed by atoms with Crippen molar-refractivity contribution in [2.75, 3.05) is 13.7 Å². The standard InChI is InChI=1S/C15H22N2O4/c1-4-11(2)17(10-14(18)19)15(20)16-9-12-6-5-7-13(8-12)21-3/h5-8,11H,4,9-10H2,1-3H3,(H,16,20)(H,18,19). The average Bonchev–Trinajstić information content (AvgIpc) is 2.49. The molecule has 0 aliphatic carbocycles. The summed E-state index contributed by atoms with van der Waals surface area (Å²) in [4.78, 5) is 24.3. The third kappa shape index (κ3) is 5.33. The van der Waals surface area contributed by atoms with Crippen molar-refractivity contribution in [3.63, 3.8) is 0 Å². The molecule has 1 unspecified atom stereocenters. The van der Waals surface area contributed by atoms with Gasteiger partial charge in [-0.1, -0.05) is 19.1 Å². The first-order valence-corrected chi connectivity index (χ1v) is 6.87. The quantitative estimate of drug-likeness (QED) is 0.807. The minimum Gasteiger partial charge on any atom is -0.497 e. The predicted octanol–water partition coefficient (Wildman–Crippen LogP) is 2.09. The molecule has 0 bridgehead atoms. The number of carbonyl (C=O) groups excluding carboxylic acids is 1. The molecule has 1 aromatic rings. The number of hydrogen-bond donors (Lipinski definition) is 2. The van der Waals surface area contributed by atoms with Gasteiger partial charge in [0.25, 0.3) is 0 Å². The van der Waals surface area contributed by atoms with Gasteiger partial charge in [0, 0.05) is 12.6 Å². The van der Waals surface area contributed by atoms with Crippen LogP contribution in [0.25, 0.3) is 0 Å². The van der Waals surface area contributed by atoms with E-state index in [1.807, 2.05) is 38.1 Å². The molecule has 6 nitrogen and oxygen atoms in total. The zero-order valence-electron chi connectivity index (χ0n) is 12.6. The van der Waals surface area contributed by atoms with Crippen molar-refractivity contribution in [2.24, 2.45) is 0 Å². The second-order valence-corrected chi connectivity index (χ2v) is 4.79. The van der Waals surface area contributed by atoms with Crippen molar-refractivity contribution in [2.45, 2.75) is 32.9 Å². The Morgan fingerprint density at radius 2 is 2.14 bits per heavy atom. The third-order valence-corrected chi connectivity index (χ3v) is 3.27. The Labute approximate surface area is 124 Å². The van der Waals surface area contributed by atoms with Gasteiger partial charge in [0.2, 0.25) is 0 Å². The Balaban J connectivity index is 2.66. The number of nitrogens with zero attached hydrogens (tertiary/aromatic N) is 1. The van der Waals surface area contributed by atoms with Crippen LogP contribution in [0.3, 0.4) is 0 Å². The number of urea groups is 1. The maximum absolute atomic E-state index is 12.1. The molecule has 0 aliphatic rings. The summed E-state index contributed by atoms with van der Waals surface area (Å²) in [6.07, 6.45) is 0.694. The number of carbonyl (C=O) groups is 2. The lowest BCUT2D eigenvalue weighted by Crippen LogP contribution is -2.47. The Morgan fingerprint density at radius 1 is 1.43 bits per heavy atom. The number of carboxylic acids is 1. The Kier molecular flexibility index (Phi) is 6.52. The molecular formula is C15H22N2O4. The fraction of sp³-hybridized carbons (Fsp3) is 0.467. The summed E-state index contributed by atoms with van der Waals surface area (Å²) < 4.78 is 5.12. The number of carboxylic acid groups (broad SMARTS) is 1. The third-order valence-electron chi connectivity index (χ3n) is 3.27. The van der Waals surface area contributed by atoms with Gasteiger partial charge in [0.1, 0.15) is 12.3 Å². The van der Waals surface area contributed by atoms with Gasteiger partial charge < -0.3 is 20.1 Å². The van der Waals surface area contributed by atoms with Crippen molar-refractivity contribution in [3.05, 3.63) is 29.8 Å². The van der Waals surface area contributed by atoms with Crippen LogP contribution in [0.4, 0.5) is 4.79 Å². The van der Waals surface area contributed by atoms with Gasteiger partial charge in [-0.25, -0.2) is 4.79 Å². The number of ether oxygens (including phenoxy) is 1. The largest absolute Gasteiger partial charge is 0.497 e. The lowest BCUT2D eigenvalue weighted by molar-refractivity contribution is -0.138. The number of aliphatic carboxylic acids is 1. The first-order chi connectivity index (χ1) is 9.97. The Hall–Kier alpha value is -2.24. The summed E-state index contributed by atoms with van der Waals surface area (Å²) in [6.45, 7) is 3.75. The van der Waals surface area contributed by atoms with Gasteiger partial charge in [-0.2, -0.15) is 0 Å². The minimum absolute atomic E-state index is 0.133. The van der Waals surface area contributed by atoms with Crippen molar-refractivity contribution < 1.29 is 19.4 Å². The van der Waals surface area contributed by atoms with Gasteiger partial charge in [0.15, 0.2) is 0 Å². The zero-order chi connectivity index (χ0) is 15.8. The maximum Gasteiger partial charge on any atom is 0.323 e. The summed E-state index contributed by atoms with van der Waals surface area (Å²) in [7, 11) is 1.58. The normalized spacial score (nSPS) is 11.6. The average molecular weight is 294 g/mol. The van der Waals surface area contributed by atoms with Crippen LogP contribution in [0.5, 0.6) is 5.75 Å². The summed E-state index contributed by atoms with van der Waals surface area (Å²) in [5.41, 5.74) is 0.891. The SMILES string of the molecule is CCC(C)N(CC(=O)O)C(=O)NCc1cccc(OC)c1. The fourth-order valence-corrected chi connectivity index (χ4v) is 1.86. The molecule has 0 saturated heterocycles. The number of hydrogen-bond acceptors (Lipinski definition) is 3. The molecule has 2 amide bonds. The zero-order valence-corrected chi connectivity index (χ0v) is 12.6. The van der Waals surface area contributed by atoms with Gasteiger partial charge in [-0.15, -0.1) is 0 Å². The molecule has 6 heteroatoms. The second-order valence-electron chi connectivity index (χ2n) is 4.79. The lowest BCUT2D eigenvalue weighted by atomic mass is 10.2. The van der Waals surface area contributed by atoms with Crippen molar-refractivity contribution in [1.82, 2.24) is 10.2 Å². The van der Waals surface area contributed by atoms with E-state index in [0.717, 1.165) is 5.56 Å². The molecule has 21 heavy (non-hydrogen) atoms. The molecule has 1 atom stereocenters. The molecule has 0 spiro atoms. The first-order valence-electron chi connectivity index (χ1n) is 6.87. The first kappa shape index (κ1) is 16.8. The number of amides is 2. The summed E-state index contributed by atoms with van der Waals surface area (Å²) in [6, 6.07) is 6.84. The second kappa shape index (κ2) is 8.14.